The number of benzene rings is 2. The van der Waals surface area contributed by atoms with E-state index >= 15 is 0 Å². The van der Waals surface area contributed by atoms with Gasteiger partial charge < -0.3 is 20.1 Å². The quantitative estimate of drug-likeness (QED) is 0.872. The molecule has 24 heavy (non-hydrogen) atoms. The van der Waals surface area contributed by atoms with E-state index in [0.717, 1.165) is 23.9 Å². The molecule has 1 fully saturated rings. The molecule has 5 heteroatoms. The Bertz CT molecular complexity index is 645. The van der Waals surface area contributed by atoms with Crippen LogP contribution in [0.3, 0.4) is 0 Å². The Labute approximate surface area is 148 Å². The summed E-state index contributed by atoms with van der Waals surface area (Å²) in [5, 5.41) is 13.2. The molecule has 3 rings (SSSR count). The van der Waals surface area contributed by atoms with Gasteiger partial charge in [-0.1, -0.05) is 23.7 Å². The van der Waals surface area contributed by atoms with Crippen LogP contribution < -0.4 is 15.0 Å². The molecule has 2 atom stereocenters. The van der Waals surface area contributed by atoms with Crippen molar-refractivity contribution >= 4 is 17.3 Å². The van der Waals surface area contributed by atoms with Gasteiger partial charge in [0.15, 0.2) is 0 Å². The molecule has 1 aliphatic heterocycles. The summed E-state index contributed by atoms with van der Waals surface area (Å²) in [5.74, 6) is 0.777. The maximum absolute atomic E-state index is 8.85. The average molecular weight is 347 g/mol. The standard InChI is InChI=1S/C19H23ClN2O2/c1-14-13-22(17-6-8-18(9-7-17)24-11-10-23)19(12-21-14)15-2-4-16(20)5-3-15/h2-9,14,19,21,23H,10-13H2,1H3/t14?,19-/m0/s1. The first-order valence-electron chi connectivity index (χ1n) is 8.26. The number of rotatable bonds is 5. The van der Waals surface area contributed by atoms with Gasteiger partial charge in [-0.25, -0.2) is 0 Å². The summed E-state index contributed by atoms with van der Waals surface area (Å²) < 4.78 is 5.45. The molecule has 2 aromatic carbocycles. The second-order valence-corrected chi connectivity index (χ2v) is 6.53. The number of aliphatic hydroxyl groups excluding tert-OH is 1. The van der Waals surface area contributed by atoms with Crippen LogP contribution in [0, 0.1) is 0 Å². The minimum atomic E-state index is 0.0235. The van der Waals surface area contributed by atoms with Crippen molar-refractivity contribution in [3.05, 3.63) is 59.1 Å². The zero-order valence-electron chi connectivity index (χ0n) is 13.8. The van der Waals surface area contributed by atoms with Gasteiger partial charge in [-0.15, -0.1) is 0 Å². The highest BCUT2D eigenvalue weighted by molar-refractivity contribution is 6.30. The van der Waals surface area contributed by atoms with E-state index in [9.17, 15) is 0 Å². The normalized spacial score (nSPS) is 20.9. The summed E-state index contributed by atoms with van der Waals surface area (Å²) in [4.78, 5) is 2.42. The number of nitrogens with one attached hydrogen (secondary N) is 1. The van der Waals surface area contributed by atoms with E-state index in [1.54, 1.807) is 0 Å². The average Bonchev–Trinajstić information content (AvgIpc) is 2.61. The van der Waals surface area contributed by atoms with Crippen molar-refractivity contribution in [2.75, 3.05) is 31.2 Å². The molecule has 128 valence electrons. The van der Waals surface area contributed by atoms with Crippen molar-refractivity contribution in [3.63, 3.8) is 0 Å². The van der Waals surface area contributed by atoms with Crippen LogP contribution in [-0.2, 0) is 0 Å². The molecule has 0 spiro atoms. The Morgan fingerprint density at radius 3 is 2.54 bits per heavy atom. The molecule has 1 heterocycles. The second-order valence-electron chi connectivity index (χ2n) is 6.09. The third kappa shape index (κ3) is 4.01. The Balaban J connectivity index is 1.82. The molecule has 0 bridgehead atoms. The molecule has 1 aliphatic rings. The van der Waals surface area contributed by atoms with Crippen LogP contribution in [0.5, 0.6) is 5.75 Å². The molecular formula is C19H23ClN2O2. The molecule has 0 saturated carbocycles. The summed E-state index contributed by atoms with van der Waals surface area (Å²) in [6.45, 7) is 4.37. The maximum atomic E-state index is 8.85. The number of hydrogen-bond acceptors (Lipinski definition) is 4. The molecule has 4 nitrogen and oxygen atoms in total. The van der Waals surface area contributed by atoms with Crippen molar-refractivity contribution in [2.45, 2.75) is 19.0 Å². The van der Waals surface area contributed by atoms with Crippen LogP contribution in [0.4, 0.5) is 5.69 Å². The van der Waals surface area contributed by atoms with E-state index in [0.29, 0.717) is 12.6 Å². The van der Waals surface area contributed by atoms with E-state index in [1.807, 2.05) is 24.3 Å². The number of piperazine rings is 1. The van der Waals surface area contributed by atoms with Crippen LogP contribution >= 0.6 is 11.6 Å². The van der Waals surface area contributed by atoms with E-state index < -0.39 is 0 Å². The minimum Gasteiger partial charge on any atom is -0.491 e. The molecule has 0 aromatic heterocycles. The lowest BCUT2D eigenvalue weighted by Gasteiger charge is -2.41. The van der Waals surface area contributed by atoms with Gasteiger partial charge >= 0.3 is 0 Å². The van der Waals surface area contributed by atoms with Crippen molar-refractivity contribution in [3.8, 4) is 5.75 Å². The smallest absolute Gasteiger partial charge is 0.119 e. The van der Waals surface area contributed by atoms with Crippen LogP contribution in [0.2, 0.25) is 5.02 Å². The van der Waals surface area contributed by atoms with E-state index in [2.05, 4.69) is 41.4 Å². The SMILES string of the molecule is CC1CN(c2ccc(OCCO)cc2)[C@H](c2ccc(Cl)cc2)CN1. The highest BCUT2D eigenvalue weighted by atomic mass is 35.5. The number of aliphatic hydroxyl groups is 1. The fraction of sp³-hybridized carbons (Fsp3) is 0.368. The lowest BCUT2D eigenvalue weighted by molar-refractivity contribution is 0.201. The highest BCUT2D eigenvalue weighted by Gasteiger charge is 2.27. The lowest BCUT2D eigenvalue weighted by atomic mass is 10.0. The first-order chi connectivity index (χ1) is 11.7. The largest absolute Gasteiger partial charge is 0.491 e. The zero-order chi connectivity index (χ0) is 16.9. The summed E-state index contributed by atoms with van der Waals surface area (Å²) in [6.07, 6.45) is 0. The molecule has 1 saturated heterocycles. The summed E-state index contributed by atoms with van der Waals surface area (Å²) in [6, 6.07) is 16.8. The molecule has 2 N–H and O–H groups in total. The first-order valence-corrected chi connectivity index (χ1v) is 8.64. The fourth-order valence-electron chi connectivity index (χ4n) is 3.08. The van der Waals surface area contributed by atoms with Crippen molar-refractivity contribution in [2.24, 2.45) is 0 Å². The Hall–Kier alpha value is -1.75. The molecule has 2 aromatic rings. The Morgan fingerprint density at radius 2 is 1.88 bits per heavy atom. The van der Waals surface area contributed by atoms with Crippen LogP contribution in [0.15, 0.2) is 48.5 Å². The molecular weight excluding hydrogens is 324 g/mol. The van der Waals surface area contributed by atoms with Gasteiger partial charge in [0.05, 0.1) is 12.6 Å². The molecule has 1 unspecified atom stereocenters. The van der Waals surface area contributed by atoms with Crippen LogP contribution in [-0.4, -0.2) is 37.5 Å². The number of hydrogen-bond donors (Lipinski definition) is 2. The lowest BCUT2D eigenvalue weighted by Crippen LogP contribution is -2.51. The molecule has 0 amide bonds. The third-order valence-electron chi connectivity index (χ3n) is 4.29. The van der Waals surface area contributed by atoms with Gasteiger partial charge in [-0.2, -0.15) is 0 Å². The first kappa shape index (κ1) is 17.1. The van der Waals surface area contributed by atoms with E-state index in [1.165, 1.54) is 11.3 Å². The summed E-state index contributed by atoms with van der Waals surface area (Å²) >= 11 is 6.03. The van der Waals surface area contributed by atoms with Crippen LogP contribution in [0.25, 0.3) is 0 Å². The molecule has 0 radical (unpaired) electrons. The number of halogens is 1. The summed E-state index contributed by atoms with van der Waals surface area (Å²) in [5.41, 5.74) is 2.42. The number of nitrogens with zero attached hydrogens (tertiary/aromatic N) is 1. The van der Waals surface area contributed by atoms with Crippen molar-refractivity contribution in [1.82, 2.24) is 5.32 Å². The van der Waals surface area contributed by atoms with Crippen molar-refractivity contribution < 1.29 is 9.84 Å². The monoisotopic (exact) mass is 346 g/mol. The summed E-state index contributed by atoms with van der Waals surface area (Å²) in [7, 11) is 0. The third-order valence-corrected chi connectivity index (χ3v) is 4.54. The van der Waals surface area contributed by atoms with Gasteiger partial charge in [-0.05, 0) is 48.9 Å². The highest BCUT2D eigenvalue weighted by Crippen LogP contribution is 2.31. The fourth-order valence-corrected chi connectivity index (χ4v) is 3.20. The topological polar surface area (TPSA) is 44.7 Å². The number of anilines is 1. The van der Waals surface area contributed by atoms with Gasteiger partial charge in [0.25, 0.3) is 0 Å². The molecule has 0 aliphatic carbocycles. The Kier molecular flexibility index (Phi) is 5.61. The van der Waals surface area contributed by atoms with Gasteiger partial charge in [0.2, 0.25) is 0 Å². The van der Waals surface area contributed by atoms with Gasteiger partial charge in [-0.3, -0.25) is 0 Å². The van der Waals surface area contributed by atoms with Crippen molar-refractivity contribution in [1.29, 1.82) is 0 Å². The Morgan fingerprint density at radius 1 is 1.17 bits per heavy atom. The maximum Gasteiger partial charge on any atom is 0.119 e. The zero-order valence-corrected chi connectivity index (χ0v) is 14.5. The second kappa shape index (κ2) is 7.88. The predicted molar refractivity (Wildman–Crippen MR) is 98.0 cm³/mol. The predicted octanol–water partition coefficient (Wildman–Crippen LogP) is 3.25. The van der Waals surface area contributed by atoms with E-state index in [4.69, 9.17) is 21.4 Å². The van der Waals surface area contributed by atoms with E-state index in [-0.39, 0.29) is 12.6 Å². The van der Waals surface area contributed by atoms with Gasteiger partial charge in [0, 0.05) is 29.8 Å². The number of ether oxygens (including phenoxy) is 1. The van der Waals surface area contributed by atoms with Gasteiger partial charge in [0.1, 0.15) is 12.4 Å². The minimum absolute atomic E-state index is 0.0235. The van der Waals surface area contributed by atoms with Crippen LogP contribution in [0.1, 0.15) is 18.5 Å².